The summed E-state index contributed by atoms with van der Waals surface area (Å²) in [6.45, 7) is 1.62. The number of hydrogen-bond donors (Lipinski definition) is 16. The first-order chi connectivity index (χ1) is 59.3. The lowest BCUT2D eigenvalue weighted by Crippen LogP contribution is -2.59. The minimum absolute atomic E-state index is 0.0127. The number of ether oxygens (including phenoxy) is 10. The van der Waals surface area contributed by atoms with Crippen LogP contribution in [0, 0.1) is 0 Å². The predicted molar refractivity (Wildman–Crippen MR) is 454 cm³/mol. The highest BCUT2D eigenvalue weighted by Gasteiger charge is 2.32. The van der Waals surface area contributed by atoms with Gasteiger partial charge in [-0.05, 0) is 74.4 Å². The number of oxime groups is 1. The van der Waals surface area contributed by atoms with Crippen molar-refractivity contribution in [3.8, 4) is 0 Å². The number of rotatable bonds is 76. The van der Waals surface area contributed by atoms with Crippen LogP contribution in [0.2, 0.25) is 0 Å². The van der Waals surface area contributed by atoms with Gasteiger partial charge in [0.25, 0.3) is 5.91 Å². The number of carboxylic acid groups (broad SMARTS) is 1. The molecule has 0 aliphatic rings. The standard InChI is InChI=1S/C76H123N17O27S3/c1-93(2)56-17-15-55(16-18-56)43-87-120-51-69(101)83-24-28-113-32-36-116-38-40-117-39-37-115-35-31-112-27-23-82-68(100)50-119-49-66(98)79-20-9-8-13-57(89-70(102)53-121-3)72(105)85-45-64(96)88-58(14-10-19-77)73(106)86-46-65(97)90-60(42-71(103)104)75(108)92-61(52-123-122-4)76(109)91-59(41-54-11-6-5-7-12-54)74(107)84-44-63(95)80-21-25-110-29-33-114-34-30-111-26-22-81-67(99)48-118-47-62(78)94/h5-7,11-12,15-18,43,57-61H,8-10,13-14,19-42,44-53,77H2,1-4H3,(H2,78,94)(H,79,98)(H,80,95)(H,81,99)(H,82,100)(H,83,101)(H,84,107)(H,85,105)(H,86,106)(H,88,96)(H,89,102)(H,90,97)(H,91,109)(H,92,108)(H,103,104)/b87-43+/t57-,58-,59-,60-,61-/m0/s1. The molecular formula is C76H123N17O27S3. The van der Waals surface area contributed by atoms with Gasteiger partial charge >= 0.3 is 5.97 Å². The number of hydrogen-bond acceptors (Lipinski definition) is 32. The molecule has 47 heteroatoms. The summed E-state index contributed by atoms with van der Waals surface area (Å²) >= 11 is 1.20. The molecule has 18 N–H and O–H groups in total. The van der Waals surface area contributed by atoms with Crippen molar-refractivity contribution in [2.24, 2.45) is 16.6 Å². The molecule has 0 saturated carbocycles. The van der Waals surface area contributed by atoms with E-state index in [9.17, 15) is 77.0 Å². The largest absolute Gasteiger partial charge is 0.481 e. The monoisotopic (exact) mass is 1800 g/mol. The molecule has 5 atom stereocenters. The average Bonchev–Trinajstić information content (AvgIpc) is 0.861. The van der Waals surface area contributed by atoms with Gasteiger partial charge in [0, 0.05) is 64.7 Å². The molecule has 0 radical (unpaired) electrons. The third-order valence-electron chi connectivity index (χ3n) is 16.1. The molecule has 0 saturated heterocycles. The summed E-state index contributed by atoms with van der Waals surface area (Å²) in [6, 6.07) is 9.24. The average molecular weight is 1800 g/mol. The molecular weight excluding hydrogens is 1680 g/mol. The molecule has 2 rings (SSSR count). The van der Waals surface area contributed by atoms with Crippen molar-refractivity contribution in [2.45, 2.75) is 75.2 Å². The molecule has 0 bridgehead atoms. The van der Waals surface area contributed by atoms with Crippen molar-refractivity contribution >= 4 is 134 Å². The molecule has 0 spiro atoms. The van der Waals surface area contributed by atoms with Crippen LogP contribution in [0.3, 0.4) is 0 Å². The van der Waals surface area contributed by atoms with Crippen molar-refractivity contribution in [1.29, 1.82) is 0 Å². The zero-order chi connectivity index (χ0) is 90.3. The van der Waals surface area contributed by atoms with Gasteiger partial charge in [-0.1, -0.05) is 69.2 Å². The number of thioether (sulfide) groups is 1. The second-order valence-electron chi connectivity index (χ2n) is 26.3. The Balaban J connectivity index is 1.72. The summed E-state index contributed by atoms with van der Waals surface area (Å²) in [5, 5.41) is 46.5. The SMILES string of the molecule is CSCC(=O)N[C@@H](CCCCNC(=O)COCC(=O)NCCOCCOCCOCCOCCOCCNC(=O)CO/N=C/c1ccc(N(C)C)cc1)C(=O)NCC(=O)N[C@@H](CCCN)C(=O)NCC(=O)N[C@@H](CC(=O)O)C(=O)N[C@@H](CSSC)C(=O)N[C@@H](Cc1ccccc1)C(=O)NCC(=O)NCCOCCOCCOCCNC(=O)COCC(N)=O. The number of nitrogens with zero attached hydrogens (tertiary/aromatic N) is 2. The molecule has 44 nitrogen and oxygen atoms in total. The molecule has 0 aliphatic carbocycles. The van der Waals surface area contributed by atoms with Crippen LogP contribution in [-0.4, -0.2) is 366 Å². The number of aliphatic carboxylic acids is 1. The van der Waals surface area contributed by atoms with E-state index in [1.807, 2.05) is 43.3 Å². The summed E-state index contributed by atoms with van der Waals surface area (Å²) in [6.07, 6.45) is 4.74. The topological polar surface area (TPSA) is 602 Å². The van der Waals surface area contributed by atoms with Crippen LogP contribution in [0.25, 0.3) is 0 Å². The molecule has 0 fully saturated rings. The van der Waals surface area contributed by atoms with E-state index in [0.717, 1.165) is 22.0 Å². The van der Waals surface area contributed by atoms with Gasteiger partial charge in [-0.25, -0.2) is 0 Å². The Morgan fingerprint density at radius 3 is 1.28 bits per heavy atom. The minimum atomic E-state index is -1.82. The van der Waals surface area contributed by atoms with E-state index in [4.69, 9.17) is 63.7 Å². The van der Waals surface area contributed by atoms with Gasteiger partial charge in [0.05, 0.1) is 144 Å². The molecule has 0 aliphatic heterocycles. The summed E-state index contributed by atoms with van der Waals surface area (Å²) in [5.74, 6) is -11.4. The zero-order valence-electron chi connectivity index (χ0n) is 70.1. The van der Waals surface area contributed by atoms with E-state index in [-0.39, 0.29) is 148 Å². The Morgan fingerprint density at radius 2 is 0.829 bits per heavy atom. The number of carboxylic acids is 1. The van der Waals surface area contributed by atoms with Crippen molar-refractivity contribution < 1.29 is 129 Å². The number of carbonyl (C=O) groups excluding carboxylic acids is 14. The predicted octanol–water partition coefficient (Wildman–Crippen LogP) is -5.89. The van der Waals surface area contributed by atoms with Gasteiger partial charge < -0.3 is 143 Å². The van der Waals surface area contributed by atoms with Crippen LogP contribution < -0.4 is 85.5 Å². The number of nitrogens with two attached hydrogens (primary N) is 2. The van der Waals surface area contributed by atoms with E-state index < -0.39 is 152 Å². The van der Waals surface area contributed by atoms with Crippen LogP contribution in [0.15, 0.2) is 59.8 Å². The quantitative estimate of drug-likeness (QED) is 0.0127. The number of carbonyl (C=O) groups is 15. The molecule has 0 aromatic heterocycles. The van der Waals surface area contributed by atoms with Gasteiger partial charge in [-0.2, -0.15) is 11.8 Å². The van der Waals surface area contributed by atoms with Gasteiger partial charge in [-0.3, -0.25) is 71.9 Å². The van der Waals surface area contributed by atoms with Crippen LogP contribution in [-0.2, 0) is 131 Å². The van der Waals surface area contributed by atoms with Crippen LogP contribution in [0.1, 0.15) is 49.7 Å². The van der Waals surface area contributed by atoms with Crippen LogP contribution in [0.4, 0.5) is 5.69 Å². The summed E-state index contributed by atoms with van der Waals surface area (Å²) in [7, 11) is 6.25. The second kappa shape index (κ2) is 71.8. The number of nitrogens with one attached hydrogen (secondary N) is 13. The number of benzene rings is 2. The Hall–Kier alpha value is -9.63. The fourth-order valence-corrected chi connectivity index (χ4v) is 11.6. The van der Waals surface area contributed by atoms with E-state index in [2.05, 4.69) is 74.3 Å². The molecule has 0 heterocycles. The smallest absolute Gasteiger partial charge is 0.305 e. The highest BCUT2D eigenvalue weighted by molar-refractivity contribution is 8.76. The number of anilines is 1. The number of unbranched alkanes of at least 4 members (excludes halogenated alkanes) is 1. The maximum Gasteiger partial charge on any atom is 0.305 e. The lowest BCUT2D eigenvalue weighted by atomic mass is 10.0. The van der Waals surface area contributed by atoms with Crippen LogP contribution >= 0.6 is 33.3 Å². The molecule has 2 aromatic rings. The Labute approximate surface area is 727 Å². The third-order valence-corrected chi connectivity index (χ3v) is 18.4. The molecule has 692 valence electrons. The molecule has 123 heavy (non-hydrogen) atoms. The first kappa shape index (κ1) is 109. The fraction of sp³-hybridized carbons (Fsp3) is 0.632. The van der Waals surface area contributed by atoms with E-state index in [0.29, 0.717) is 77.8 Å². The van der Waals surface area contributed by atoms with Gasteiger partial charge in [0.2, 0.25) is 76.8 Å². The third kappa shape index (κ3) is 59.7. The summed E-state index contributed by atoms with van der Waals surface area (Å²) < 4.78 is 53.7. The van der Waals surface area contributed by atoms with E-state index in [1.54, 1.807) is 42.8 Å². The summed E-state index contributed by atoms with van der Waals surface area (Å²) in [4.78, 5) is 199. The van der Waals surface area contributed by atoms with Gasteiger partial charge in [0.15, 0.2) is 6.61 Å². The maximum absolute atomic E-state index is 14.0. The van der Waals surface area contributed by atoms with Crippen molar-refractivity contribution in [3.63, 3.8) is 0 Å². The lowest BCUT2D eigenvalue weighted by molar-refractivity contribution is -0.141. The molecule has 14 amide bonds. The molecule has 2 aromatic carbocycles. The van der Waals surface area contributed by atoms with E-state index in [1.165, 1.54) is 28.8 Å². The highest BCUT2D eigenvalue weighted by Crippen LogP contribution is 2.19. The zero-order valence-corrected chi connectivity index (χ0v) is 72.5. The number of primary amides is 1. The Morgan fingerprint density at radius 1 is 0.423 bits per heavy atom. The fourth-order valence-electron chi connectivity index (χ4n) is 9.97. The molecule has 0 unspecified atom stereocenters. The van der Waals surface area contributed by atoms with Crippen molar-refractivity contribution in [2.75, 3.05) is 241 Å². The lowest BCUT2D eigenvalue weighted by Gasteiger charge is -2.25. The minimum Gasteiger partial charge on any atom is -0.481 e. The second-order valence-corrected chi connectivity index (χ2v) is 29.8. The van der Waals surface area contributed by atoms with E-state index >= 15 is 0 Å². The van der Waals surface area contributed by atoms with Gasteiger partial charge in [0.1, 0.15) is 56.6 Å². The van der Waals surface area contributed by atoms with Gasteiger partial charge in [-0.15, -0.1) is 0 Å². The normalized spacial score (nSPS) is 12.2. The first-order valence-electron chi connectivity index (χ1n) is 39.6. The summed E-state index contributed by atoms with van der Waals surface area (Å²) in [5.41, 5.74) is 13.2. The first-order valence-corrected chi connectivity index (χ1v) is 43.7. The van der Waals surface area contributed by atoms with Crippen molar-refractivity contribution in [3.05, 3.63) is 65.7 Å². The van der Waals surface area contributed by atoms with Crippen LogP contribution in [0.5, 0.6) is 0 Å². The maximum atomic E-state index is 14.0. The van der Waals surface area contributed by atoms with Crippen molar-refractivity contribution in [1.82, 2.24) is 69.1 Å². The number of amides is 14. The Kier molecular flexibility index (Phi) is 63.8. The Bertz CT molecular complexity index is 3460. The highest BCUT2D eigenvalue weighted by atomic mass is 33.1.